The number of rotatable bonds is 6. The van der Waals surface area contributed by atoms with Crippen LogP contribution in [0.25, 0.3) is 21.9 Å². The maximum atomic E-state index is 2.60. The summed E-state index contributed by atoms with van der Waals surface area (Å²) < 4.78 is 0. The van der Waals surface area contributed by atoms with Gasteiger partial charge in [0.15, 0.2) is 8.07 Å². The number of anilines is 3. The molecule has 0 radical (unpaired) electrons. The predicted molar refractivity (Wildman–Crippen MR) is 264 cm³/mol. The van der Waals surface area contributed by atoms with E-state index in [0.29, 0.717) is 0 Å². The van der Waals surface area contributed by atoms with Gasteiger partial charge in [0.1, 0.15) is 0 Å². The second-order valence-corrected chi connectivity index (χ2v) is 21.2. The summed E-state index contributed by atoms with van der Waals surface area (Å²) in [6, 6.07) is 93.4. The highest BCUT2D eigenvalue weighted by atomic mass is 32.2. The predicted octanol–water partition coefficient (Wildman–Crippen LogP) is 12.5. The third kappa shape index (κ3) is 5.42. The second-order valence-electron chi connectivity index (χ2n) is 16.3. The van der Waals surface area contributed by atoms with Gasteiger partial charge in [-0.1, -0.05) is 218 Å². The van der Waals surface area contributed by atoms with Crippen molar-refractivity contribution in [1.29, 1.82) is 0 Å². The summed E-state index contributed by atoms with van der Waals surface area (Å²) in [6.45, 7) is 0. The molecule has 3 heteroatoms. The maximum Gasteiger partial charge on any atom is 0.180 e. The Morgan fingerprint density at radius 3 is 1.53 bits per heavy atom. The summed E-state index contributed by atoms with van der Waals surface area (Å²) in [7, 11) is -3.05. The van der Waals surface area contributed by atoms with Crippen molar-refractivity contribution in [1.82, 2.24) is 0 Å². The van der Waals surface area contributed by atoms with Gasteiger partial charge in [0.05, 0.1) is 11.1 Å². The molecule has 0 N–H and O–H groups in total. The maximum absolute atomic E-state index is 3.05. The second kappa shape index (κ2) is 14.8. The van der Waals surface area contributed by atoms with Gasteiger partial charge in [-0.05, 0) is 102 Å². The van der Waals surface area contributed by atoms with Crippen molar-refractivity contribution in [2.24, 2.45) is 0 Å². The highest BCUT2D eigenvalue weighted by Crippen LogP contribution is 2.57. The molecular formula is C59H41NSSi. The van der Waals surface area contributed by atoms with E-state index in [0.717, 1.165) is 17.1 Å². The van der Waals surface area contributed by atoms with Crippen LogP contribution in [-0.2, 0) is 5.41 Å². The van der Waals surface area contributed by atoms with Crippen LogP contribution in [0.1, 0.15) is 22.3 Å². The lowest BCUT2D eigenvalue weighted by Crippen LogP contribution is -2.79. The van der Waals surface area contributed by atoms with Crippen LogP contribution in [0, 0.1) is 0 Å². The van der Waals surface area contributed by atoms with E-state index in [2.05, 4.69) is 254 Å². The van der Waals surface area contributed by atoms with Crippen LogP contribution in [0.5, 0.6) is 0 Å². The van der Waals surface area contributed by atoms with Crippen molar-refractivity contribution in [2.45, 2.75) is 15.2 Å². The summed E-state index contributed by atoms with van der Waals surface area (Å²) in [5.41, 5.74) is 10.7. The van der Waals surface area contributed by atoms with Gasteiger partial charge in [0, 0.05) is 26.6 Å². The minimum Gasteiger partial charge on any atom is -0.310 e. The normalized spacial score (nSPS) is 14.0. The summed E-state index contributed by atoms with van der Waals surface area (Å²) in [6.07, 6.45) is 0. The minimum absolute atomic E-state index is 0.551. The van der Waals surface area contributed by atoms with Gasteiger partial charge < -0.3 is 4.90 Å². The molecular weight excluding hydrogens is 783 g/mol. The molecule has 0 fully saturated rings. The molecule has 0 aromatic heterocycles. The molecule has 62 heavy (non-hydrogen) atoms. The molecule has 2 aliphatic rings. The fourth-order valence-corrected chi connectivity index (χ4v) is 17.2. The first-order chi connectivity index (χ1) is 30.8. The lowest BCUT2D eigenvalue weighted by Gasteiger charge is -2.52. The number of benzene rings is 10. The molecule has 1 spiro atoms. The Labute approximate surface area is 368 Å². The Bertz CT molecular complexity index is 3180. The molecule has 292 valence electrons. The minimum atomic E-state index is -3.05. The van der Waals surface area contributed by atoms with E-state index >= 15 is 0 Å². The average Bonchev–Trinajstić information content (AvgIpc) is 3.35. The smallest absolute Gasteiger partial charge is 0.180 e. The van der Waals surface area contributed by atoms with E-state index in [1.54, 1.807) is 0 Å². The number of hydrogen-bond donors (Lipinski definition) is 0. The first kappa shape index (κ1) is 36.7. The van der Waals surface area contributed by atoms with Gasteiger partial charge in [-0.2, -0.15) is 0 Å². The Balaban J connectivity index is 1.22. The van der Waals surface area contributed by atoms with E-state index in [-0.39, 0.29) is 0 Å². The molecule has 12 rings (SSSR count). The molecule has 0 saturated heterocycles. The zero-order valence-corrected chi connectivity index (χ0v) is 35.8. The SMILES string of the molecule is c1ccc(-c2ccc(N(c3ccc4c(c3)[Si](c3ccccc3)(c3ccccc3)c3ccccc3C43c4ccccc4Sc4ccccc43)c3cccc4ccccc34)cc2)cc1. The molecule has 0 amide bonds. The number of fused-ring (bicyclic) bond motifs is 9. The Morgan fingerprint density at radius 1 is 0.355 bits per heavy atom. The molecule has 2 aliphatic heterocycles. The van der Waals surface area contributed by atoms with Crippen LogP contribution in [0.2, 0.25) is 0 Å². The monoisotopic (exact) mass is 823 g/mol. The topological polar surface area (TPSA) is 3.24 Å². The van der Waals surface area contributed by atoms with Crippen molar-refractivity contribution in [3.05, 3.63) is 271 Å². The molecule has 1 nitrogen and oxygen atoms in total. The first-order valence-corrected chi connectivity index (χ1v) is 24.2. The lowest BCUT2D eigenvalue weighted by atomic mass is 9.64. The zero-order chi connectivity index (χ0) is 41.1. The van der Waals surface area contributed by atoms with Gasteiger partial charge in [0.25, 0.3) is 0 Å². The number of hydrogen-bond acceptors (Lipinski definition) is 2. The van der Waals surface area contributed by atoms with Crippen molar-refractivity contribution in [2.75, 3.05) is 4.90 Å². The van der Waals surface area contributed by atoms with Gasteiger partial charge in [-0.15, -0.1) is 0 Å². The fourth-order valence-electron chi connectivity index (χ4n) is 10.7. The van der Waals surface area contributed by atoms with Gasteiger partial charge in [0.2, 0.25) is 0 Å². The fraction of sp³-hybridized carbons (Fsp3) is 0.0169. The van der Waals surface area contributed by atoms with Crippen LogP contribution in [0.15, 0.2) is 259 Å². The van der Waals surface area contributed by atoms with Crippen molar-refractivity contribution in [3.8, 4) is 11.1 Å². The van der Waals surface area contributed by atoms with E-state index in [4.69, 9.17) is 0 Å². The summed E-state index contributed by atoms with van der Waals surface area (Å²) in [4.78, 5) is 5.11. The summed E-state index contributed by atoms with van der Waals surface area (Å²) in [5, 5.41) is 8.02. The van der Waals surface area contributed by atoms with E-state index in [1.165, 1.54) is 74.7 Å². The molecule has 10 aromatic carbocycles. The molecule has 0 aliphatic carbocycles. The van der Waals surface area contributed by atoms with Gasteiger partial charge in [-0.3, -0.25) is 0 Å². The zero-order valence-electron chi connectivity index (χ0n) is 34.0. The number of nitrogens with zero attached hydrogens (tertiary/aromatic N) is 1. The Kier molecular flexibility index (Phi) is 8.74. The van der Waals surface area contributed by atoms with Crippen LogP contribution in [0.3, 0.4) is 0 Å². The highest BCUT2D eigenvalue weighted by molar-refractivity contribution is 7.99. The largest absolute Gasteiger partial charge is 0.310 e. The van der Waals surface area contributed by atoms with Gasteiger partial charge in [-0.25, -0.2) is 0 Å². The molecule has 0 saturated carbocycles. The summed E-state index contributed by atoms with van der Waals surface area (Å²) in [5.74, 6) is 0. The lowest BCUT2D eigenvalue weighted by molar-refractivity contribution is 0.707. The average molecular weight is 824 g/mol. The molecule has 10 aromatic rings. The van der Waals surface area contributed by atoms with Gasteiger partial charge >= 0.3 is 0 Å². The molecule has 0 bridgehead atoms. The van der Waals surface area contributed by atoms with Crippen LogP contribution >= 0.6 is 11.8 Å². The van der Waals surface area contributed by atoms with E-state index in [1.807, 2.05) is 11.8 Å². The summed E-state index contributed by atoms with van der Waals surface area (Å²) >= 11 is 1.90. The third-order valence-corrected chi connectivity index (χ3v) is 19.3. The van der Waals surface area contributed by atoms with Crippen molar-refractivity contribution in [3.63, 3.8) is 0 Å². The van der Waals surface area contributed by atoms with E-state index < -0.39 is 13.5 Å². The van der Waals surface area contributed by atoms with E-state index in [9.17, 15) is 0 Å². The Morgan fingerprint density at radius 2 is 0.855 bits per heavy atom. The quantitative estimate of drug-likeness (QED) is 0.154. The van der Waals surface area contributed by atoms with Crippen LogP contribution in [-0.4, -0.2) is 8.07 Å². The molecule has 0 unspecified atom stereocenters. The third-order valence-electron chi connectivity index (χ3n) is 13.3. The van der Waals surface area contributed by atoms with Crippen LogP contribution < -0.4 is 25.6 Å². The van der Waals surface area contributed by atoms with Crippen LogP contribution in [0.4, 0.5) is 17.1 Å². The highest BCUT2D eigenvalue weighted by Gasteiger charge is 2.57. The molecule has 0 atom stereocenters. The first-order valence-electron chi connectivity index (χ1n) is 21.4. The van der Waals surface area contributed by atoms with Crippen molar-refractivity contribution >= 4 is 68.4 Å². The standard InChI is InChI=1S/C59H41NSSi/c1-4-19-42(20-5-1)43-35-37-45(38-36-43)60(54-31-18-22-44-21-10-11-27-49(44)54)46-39-40-53-58(41-46)62(47-23-6-2-7-24-47,48-25-8-3-9-26-48)57-34-17-14-30-52(57)59(53)50-28-12-15-32-55(50)61-56-33-16-13-29-51(56)59/h1-41H. The molecule has 2 heterocycles. The van der Waals surface area contributed by atoms with Crippen molar-refractivity contribution < 1.29 is 0 Å². The Hall–Kier alpha value is -7.17.